The van der Waals surface area contributed by atoms with E-state index in [-0.39, 0.29) is 12.0 Å². The second-order valence-electron chi connectivity index (χ2n) is 6.06. The smallest absolute Gasteiger partial charge is 0.243 e. The molecule has 1 fully saturated rings. The molecule has 5 heteroatoms. The molecule has 4 nitrogen and oxygen atoms in total. The van der Waals surface area contributed by atoms with Crippen LogP contribution in [-0.2, 0) is 4.79 Å². The van der Waals surface area contributed by atoms with Gasteiger partial charge in [-0.2, -0.15) is 0 Å². The van der Waals surface area contributed by atoms with Gasteiger partial charge in [0.2, 0.25) is 5.91 Å². The van der Waals surface area contributed by atoms with Crippen LogP contribution in [0.4, 0.5) is 0 Å². The van der Waals surface area contributed by atoms with Gasteiger partial charge in [0.05, 0.1) is 6.10 Å². The van der Waals surface area contributed by atoms with Crippen molar-refractivity contribution in [1.82, 2.24) is 10.2 Å². The Balaban J connectivity index is 1.64. The molecule has 1 amide bonds. The van der Waals surface area contributed by atoms with E-state index in [1.807, 2.05) is 25.1 Å². The van der Waals surface area contributed by atoms with E-state index in [4.69, 9.17) is 11.6 Å². The van der Waals surface area contributed by atoms with Crippen LogP contribution in [0.3, 0.4) is 0 Å². The Morgan fingerprint density at radius 2 is 2.17 bits per heavy atom. The minimum atomic E-state index is -0.133. The summed E-state index contributed by atoms with van der Waals surface area (Å²) >= 11 is 6.06. The lowest BCUT2D eigenvalue weighted by Gasteiger charge is -2.29. The van der Waals surface area contributed by atoms with E-state index in [2.05, 4.69) is 10.2 Å². The predicted octanol–water partition coefficient (Wildman–Crippen LogP) is 2.62. The van der Waals surface area contributed by atoms with Gasteiger partial charge in [-0.25, -0.2) is 0 Å². The zero-order valence-corrected chi connectivity index (χ0v) is 14.4. The van der Waals surface area contributed by atoms with Crippen LogP contribution in [0.1, 0.15) is 30.4 Å². The summed E-state index contributed by atoms with van der Waals surface area (Å²) in [6, 6.07) is 5.73. The molecule has 1 aromatic carbocycles. The highest BCUT2D eigenvalue weighted by Gasteiger charge is 2.15. The summed E-state index contributed by atoms with van der Waals surface area (Å²) < 4.78 is 0. The molecule has 126 valence electrons. The van der Waals surface area contributed by atoms with Gasteiger partial charge in [-0.05, 0) is 56.0 Å². The molecule has 23 heavy (non-hydrogen) atoms. The standard InChI is InChI=1S/C18H25ClN2O2/c1-14-3-4-15(13-17(14)19)5-6-18(23)20-9-2-10-21-11-7-16(22)8-12-21/h3-6,13,16,22H,2,7-12H2,1H3,(H,20,23)/b6-5+. The molecule has 2 rings (SSSR count). The molecule has 1 heterocycles. The lowest BCUT2D eigenvalue weighted by Crippen LogP contribution is -2.37. The van der Waals surface area contributed by atoms with Crippen molar-refractivity contribution in [1.29, 1.82) is 0 Å². The van der Waals surface area contributed by atoms with Gasteiger partial charge in [-0.3, -0.25) is 4.79 Å². The zero-order chi connectivity index (χ0) is 16.7. The summed E-state index contributed by atoms with van der Waals surface area (Å²) in [4.78, 5) is 14.1. The molecule has 0 spiro atoms. The second-order valence-corrected chi connectivity index (χ2v) is 6.47. The summed E-state index contributed by atoms with van der Waals surface area (Å²) in [5.41, 5.74) is 1.95. The molecule has 0 atom stereocenters. The largest absolute Gasteiger partial charge is 0.393 e. The molecule has 0 bridgehead atoms. The van der Waals surface area contributed by atoms with Crippen LogP contribution in [0.25, 0.3) is 6.08 Å². The third kappa shape index (κ3) is 6.34. The van der Waals surface area contributed by atoms with Crippen LogP contribution in [0, 0.1) is 6.92 Å². The Morgan fingerprint density at radius 3 is 2.87 bits per heavy atom. The third-order valence-corrected chi connectivity index (χ3v) is 4.54. The molecule has 0 radical (unpaired) electrons. The van der Waals surface area contributed by atoms with Crippen molar-refractivity contribution >= 4 is 23.6 Å². The lowest BCUT2D eigenvalue weighted by molar-refractivity contribution is -0.116. The van der Waals surface area contributed by atoms with Crippen molar-refractivity contribution in [2.24, 2.45) is 0 Å². The van der Waals surface area contributed by atoms with E-state index in [0.29, 0.717) is 11.6 Å². The molecule has 1 aromatic rings. The number of likely N-dealkylation sites (tertiary alicyclic amines) is 1. The third-order valence-electron chi connectivity index (χ3n) is 4.13. The number of carbonyl (C=O) groups is 1. The summed E-state index contributed by atoms with van der Waals surface area (Å²) in [5.74, 6) is -0.0873. The SMILES string of the molecule is Cc1ccc(/C=C/C(=O)NCCCN2CCC(O)CC2)cc1Cl. The highest BCUT2D eigenvalue weighted by atomic mass is 35.5. The average Bonchev–Trinajstić information content (AvgIpc) is 2.54. The molecule has 1 aliphatic rings. The number of amides is 1. The van der Waals surface area contributed by atoms with E-state index in [1.165, 1.54) is 6.08 Å². The van der Waals surface area contributed by atoms with Crippen LogP contribution in [-0.4, -0.2) is 48.2 Å². The molecule has 0 aliphatic carbocycles. The number of hydrogen-bond acceptors (Lipinski definition) is 3. The fourth-order valence-corrected chi connectivity index (χ4v) is 2.79. The fourth-order valence-electron chi connectivity index (χ4n) is 2.60. The van der Waals surface area contributed by atoms with E-state index in [9.17, 15) is 9.90 Å². The number of nitrogens with one attached hydrogen (secondary N) is 1. The fraction of sp³-hybridized carbons (Fsp3) is 0.500. The molecule has 1 saturated heterocycles. The normalized spacial score (nSPS) is 16.8. The Labute approximate surface area is 143 Å². The van der Waals surface area contributed by atoms with Crippen LogP contribution in [0.2, 0.25) is 5.02 Å². The maximum Gasteiger partial charge on any atom is 0.243 e. The van der Waals surface area contributed by atoms with Gasteiger partial charge in [0, 0.05) is 30.7 Å². The van der Waals surface area contributed by atoms with Crippen molar-refractivity contribution in [2.75, 3.05) is 26.2 Å². The molecule has 0 unspecified atom stereocenters. The Bertz CT molecular complexity index is 552. The molecule has 0 aromatic heterocycles. The maximum atomic E-state index is 11.8. The number of aliphatic hydroxyl groups is 1. The van der Waals surface area contributed by atoms with E-state index >= 15 is 0 Å². The number of benzene rings is 1. The first kappa shape index (κ1) is 18.0. The minimum absolute atomic E-state index is 0.0873. The van der Waals surface area contributed by atoms with Gasteiger partial charge >= 0.3 is 0 Å². The zero-order valence-electron chi connectivity index (χ0n) is 13.6. The number of aryl methyl sites for hydroxylation is 1. The number of hydrogen-bond donors (Lipinski definition) is 2. The molecular weight excluding hydrogens is 312 g/mol. The minimum Gasteiger partial charge on any atom is -0.393 e. The van der Waals surface area contributed by atoms with Crippen molar-refractivity contribution in [3.8, 4) is 0 Å². The van der Waals surface area contributed by atoms with Gasteiger partial charge in [-0.15, -0.1) is 0 Å². The number of aliphatic hydroxyl groups excluding tert-OH is 1. The number of carbonyl (C=O) groups excluding carboxylic acids is 1. The summed E-state index contributed by atoms with van der Waals surface area (Å²) in [6.45, 7) is 5.47. The predicted molar refractivity (Wildman–Crippen MR) is 94.5 cm³/mol. The van der Waals surface area contributed by atoms with Gasteiger partial charge < -0.3 is 15.3 Å². The van der Waals surface area contributed by atoms with Gasteiger partial charge in [0.1, 0.15) is 0 Å². The number of rotatable bonds is 6. The van der Waals surface area contributed by atoms with E-state index < -0.39 is 0 Å². The highest BCUT2D eigenvalue weighted by molar-refractivity contribution is 6.31. The van der Waals surface area contributed by atoms with Crippen molar-refractivity contribution < 1.29 is 9.90 Å². The molecular formula is C18H25ClN2O2. The number of piperidine rings is 1. The summed E-state index contributed by atoms with van der Waals surface area (Å²) in [5, 5.41) is 13.1. The Hall–Kier alpha value is -1.36. The number of nitrogens with zero attached hydrogens (tertiary/aromatic N) is 1. The molecule has 0 saturated carbocycles. The first-order chi connectivity index (χ1) is 11.0. The van der Waals surface area contributed by atoms with Crippen molar-refractivity contribution in [2.45, 2.75) is 32.3 Å². The number of halogens is 1. The Kier molecular flexibility index (Phi) is 7.09. The van der Waals surface area contributed by atoms with E-state index in [1.54, 1.807) is 6.08 Å². The molecule has 1 aliphatic heterocycles. The van der Waals surface area contributed by atoms with Crippen molar-refractivity contribution in [3.63, 3.8) is 0 Å². The first-order valence-corrected chi connectivity index (χ1v) is 8.55. The van der Waals surface area contributed by atoms with Gasteiger partial charge in [0.25, 0.3) is 0 Å². The molecule has 2 N–H and O–H groups in total. The Morgan fingerprint density at radius 1 is 1.43 bits per heavy atom. The summed E-state index contributed by atoms with van der Waals surface area (Å²) in [7, 11) is 0. The van der Waals surface area contributed by atoms with Gasteiger partial charge in [-0.1, -0.05) is 23.7 Å². The average molecular weight is 337 g/mol. The van der Waals surface area contributed by atoms with Crippen LogP contribution < -0.4 is 5.32 Å². The lowest BCUT2D eigenvalue weighted by atomic mass is 10.1. The monoisotopic (exact) mass is 336 g/mol. The van der Waals surface area contributed by atoms with Crippen LogP contribution in [0.5, 0.6) is 0 Å². The van der Waals surface area contributed by atoms with Crippen LogP contribution in [0.15, 0.2) is 24.3 Å². The maximum absolute atomic E-state index is 11.8. The highest BCUT2D eigenvalue weighted by Crippen LogP contribution is 2.17. The quantitative estimate of drug-likeness (QED) is 0.620. The van der Waals surface area contributed by atoms with E-state index in [0.717, 1.165) is 50.0 Å². The van der Waals surface area contributed by atoms with Crippen molar-refractivity contribution in [3.05, 3.63) is 40.4 Å². The first-order valence-electron chi connectivity index (χ1n) is 8.17. The van der Waals surface area contributed by atoms with Gasteiger partial charge in [0.15, 0.2) is 0 Å². The topological polar surface area (TPSA) is 52.6 Å². The summed E-state index contributed by atoms with van der Waals surface area (Å²) in [6.07, 6.45) is 5.81. The second kappa shape index (κ2) is 9.06. The van der Waals surface area contributed by atoms with Crippen LogP contribution >= 0.6 is 11.6 Å².